The Kier molecular flexibility index (Phi) is 5.77. The van der Waals surface area contributed by atoms with Gasteiger partial charge in [-0.1, -0.05) is 45.0 Å². The molecule has 0 unspecified atom stereocenters. The summed E-state index contributed by atoms with van der Waals surface area (Å²) in [5.74, 6) is -0.118. The minimum Gasteiger partial charge on any atom is -0.494 e. The van der Waals surface area contributed by atoms with E-state index in [1.54, 1.807) is 6.08 Å². The van der Waals surface area contributed by atoms with Crippen molar-refractivity contribution in [2.75, 3.05) is 12.4 Å². The molecule has 0 saturated carbocycles. The van der Waals surface area contributed by atoms with Gasteiger partial charge in [0.1, 0.15) is 5.75 Å². The average Bonchev–Trinajstić information content (AvgIpc) is 2.59. The first kappa shape index (κ1) is 19.2. The number of rotatable bonds is 5. The maximum absolute atomic E-state index is 12.1. The van der Waals surface area contributed by atoms with Crippen LogP contribution in [-0.4, -0.2) is 17.9 Å². The molecule has 0 aromatic heterocycles. The van der Waals surface area contributed by atoms with Gasteiger partial charge < -0.3 is 10.1 Å². The Hall–Kier alpha value is -3.15. The van der Waals surface area contributed by atoms with Crippen molar-refractivity contribution in [3.63, 3.8) is 0 Å². The summed E-state index contributed by atoms with van der Waals surface area (Å²) in [6.07, 6.45) is 3.12. The maximum atomic E-state index is 12.1. The SMILES string of the molecule is COc1cc([N+](=O)[O-])ccc1NC(=O)C=Cc1ccc(C(C)(C)C)cc1. The van der Waals surface area contributed by atoms with Gasteiger partial charge in [-0.2, -0.15) is 0 Å². The number of hydrogen-bond donors (Lipinski definition) is 1. The molecule has 6 nitrogen and oxygen atoms in total. The first-order valence-corrected chi connectivity index (χ1v) is 8.13. The summed E-state index contributed by atoms with van der Waals surface area (Å²) in [6.45, 7) is 6.43. The Labute approximate surface area is 152 Å². The molecule has 0 spiro atoms. The van der Waals surface area contributed by atoms with E-state index >= 15 is 0 Å². The van der Waals surface area contributed by atoms with E-state index < -0.39 is 4.92 Å². The fourth-order valence-corrected chi connectivity index (χ4v) is 2.34. The normalized spacial score (nSPS) is 11.4. The molecule has 2 aromatic carbocycles. The van der Waals surface area contributed by atoms with Crippen LogP contribution in [0, 0.1) is 10.1 Å². The van der Waals surface area contributed by atoms with Crippen LogP contribution in [-0.2, 0) is 10.2 Å². The van der Waals surface area contributed by atoms with Crippen molar-refractivity contribution < 1.29 is 14.5 Å². The molecule has 0 aliphatic carbocycles. The van der Waals surface area contributed by atoms with E-state index in [2.05, 4.69) is 26.1 Å². The van der Waals surface area contributed by atoms with E-state index in [1.165, 1.54) is 36.9 Å². The number of nitro benzene ring substituents is 1. The van der Waals surface area contributed by atoms with Gasteiger partial charge in [0.25, 0.3) is 5.69 Å². The smallest absolute Gasteiger partial charge is 0.273 e. The van der Waals surface area contributed by atoms with Crippen LogP contribution in [0.1, 0.15) is 31.9 Å². The molecule has 0 radical (unpaired) electrons. The third-order valence-corrected chi connectivity index (χ3v) is 3.86. The van der Waals surface area contributed by atoms with Crippen molar-refractivity contribution in [2.45, 2.75) is 26.2 Å². The van der Waals surface area contributed by atoms with Crippen LogP contribution < -0.4 is 10.1 Å². The topological polar surface area (TPSA) is 81.5 Å². The number of non-ortho nitro benzene ring substituents is 1. The predicted molar refractivity (Wildman–Crippen MR) is 102 cm³/mol. The molecule has 2 aromatic rings. The van der Waals surface area contributed by atoms with E-state index in [9.17, 15) is 14.9 Å². The lowest BCUT2D eigenvalue weighted by Crippen LogP contribution is -2.10. The van der Waals surface area contributed by atoms with Crippen LogP contribution >= 0.6 is 0 Å². The van der Waals surface area contributed by atoms with Gasteiger partial charge in [-0.3, -0.25) is 14.9 Å². The number of benzene rings is 2. The molecule has 26 heavy (non-hydrogen) atoms. The minimum absolute atomic E-state index is 0.0755. The number of carbonyl (C=O) groups is 1. The highest BCUT2D eigenvalue weighted by Gasteiger charge is 2.13. The summed E-state index contributed by atoms with van der Waals surface area (Å²) in [7, 11) is 1.39. The lowest BCUT2D eigenvalue weighted by molar-refractivity contribution is -0.384. The van der Waals surface area contributed by atoms with Crippen LogP contribution in [0.4, 0.5) is 11.4 Å². The molecule has 0 aliphatic rings. The van der Waals surface area contributed by atoms with Gasteiger partial charge >= 0.3 is 0 Å². The Balaban J connectivity index is 2.09. The van der Waals surface area contributed by atoms with Crippen LogP contribution in [0.2, 0.25) is 0 Å². The Morgan fingerprint density at radius 2 is 1.81 bits per heavy atom. The summed E-state index contributed by atoms with van der Waals surface area (Å²) in [5, 5.41) is 13.5. The fourth-order valence-electron chi connectivity index (χ4n) is 2.34. The van der Waals surface area contributed by atoms with Gasteiger partial charge in [-0.15, -0.1) is 0 Å². The molecule has 0 heterocycles. The van der Waals surface area contributed by atoms with Crippen molar-refractivity contribution in [1.82, 2.24) is 0 Å². The zero-order chi connectivity index (χ0) is 19.3. The third-order valence-electron chi connectivity index (χ3n) is 3.86. The Morgan fingerprint density at radius 3 is 2.35 bits per heavy atom. The number of nitrogens with one attached hydrogen (secondary N) is 1. The van der Waals surface area contributed by atoms with Gasteiger partial charge in [0.15, 0.2) is 0 Å². The number of hydrogen-bond acceptors (Lipinski definition) is 4. The van der Waals surface area contributed by atoms with E-state index in [0.717, 1.165) is 5.56 Å². The molecule has 1 amide bonds. The molecule has 1 N–H and O–H groups in total. The monoisotopic (exact) mass is 354 g/mol. The molecule has 136 valence electrons. The van der Waals surface area contributed by atoms with Crippen molar-refractivity contribution >= 4 is 23.4 Å². The number of nitrogens with zero attached hydrogens (tertiary/aromatic N) is 1. The summed E-state index contributed by atoms with van der Waals surface area (Å²) < 4.78 is 5.10. The van der Waals surface area contributed by atoms with Gasteiger partial charge in [0, 0.05) is 12.1 Å². The van der Waals surface area contributed by atoms with Crippen LogP contribution in [0.3, 0.4) is 0 Å². The molecule has 6 heteroatoms. The highest BCUT2D eigenvalue weighted by molar-refractivity contribution is 6.02. The lowest BCUT2D eigenvalue weighted by Gasteiger charge is -2.18. The highest BCUT2D eigenvalue weighted by Crippen LogP contribution is 2.29. The van der Waals surface area contributed by atoms with E-state index in [1.807, 2.05) is 24.3 Å². The standard InChI is InChI=1S/C20H22N2O4/c1-20(2,3)15-8-5-14(6-9-15)7-12-19(23)21-17-11-10-16(22(24)25)13-18(17)26-4/h5-13H,1-4H3,(H,21,23). The number of anilines is 1. The first-order valence-electron chi connectivity index (χ1n) is 8.13. The largest absolute Gasteiger partial charge is 0.494 e. The fraction of sp³-hybridized carbons (Fsp3) is 0.250. The molecular formula is C20H22N2O4. The Bertz CT molecular complexity index is 834. The highest BCUT2D eigenvalue weighted by atomic mass is 16.6. The average molecular weight is 354 g/mol. The van der Waals surface area contributed by atoms with Gasteiger partial charge in [0.2, 0.25) is 5.91 Å². The maximum Gasteiger partial charge on any atom is 0.273 e. The van der Waals surface area contributed by atoms with E-state index in [4.69, 9.17) is 4.74 Å². The third kappa shape index (κ3) is 4.92. The second kappa shape index (κ2) is 7.82. The number of methoxy groups -OCH3 is 1. The first-order chi connectivity index (χ1) is 12.2. The zero-order valence-corrected chi connectivity index (χ0v) is 15.3. The van der Waals surface area contributed by atoms with Crippen LogP contribution in [0.15, 0.2) is 48.5 Å². The molecule has 0 fully saturated rings. The van der Waals surface area contributed by atoms with Crippen molar-refractivity contribution in [3.8, 4) is 5.75 Å². The lowest BCUT2D eigenvalue weighted by atomic mass is 9.87. The number of nitro groups is 1. The van der Waals surface area contributed by atoms with Crippen molar-refractivity contribution in [2.24, 2.45) is 0 Å². The molecule has 0 bridgehead atoms. The quantitative estimate of drug-likeness (QED) is 0.485. The van der Waals surface area contributed by atoms with Gasteiger partial charge in [-0.25, -0.2) is 0 Å². The second-order valence-corrected chi connectivity index (χ2v) is 6.84. The number of amides is 1. The summed E-state index contributed by atoms with van der Waals surface area (Å²) in [4.78, 5) is 22.4. The van der Waals surface area contributed by atoms with Crippen molar-refractivity contribution in [3.05, 3.63) is 69.8 Å². The molecule has 0 saturated heterocycles. The number of ether oxygens (including phenoxy) is 1. The summed E-state index contributed by atoms with van der Waals surface area (Å²) >= 11 is 0. The molecule has 2 rings (SSSR count). The predicted octanol–water partition coefficient (Wildman–Crippen LogP) is 4.55. The van der Waals surface area contributed by atoms with E-state index in [0.29, 0.717) is 5.69 Å². The van der Waals surface area contributed by atoms with E-state index in [-0.39, 0.29) is 22.8 Å². The number of carbonyl (C=O) groups excluding carboxylic acids is 1. The molecule has 0 aliphatic heterocycles. The van der Waals surface area contributed by atoms with Crippen molar-refractivity contribution in [1.29, 1.82) is 0 Å². The molecular weight excluding hydrogens is 332 g/mol. The van der Waals surface area contributed by atoms with Crippen LogP contribution in [0.5, 0.6) is 5.75 Å². The van der Waals surface area contributed by atoms with Gasteiger partial charge in [0.05, 0.1) is 23.8 Å². The minimum atomic E-state index is -0.519. The Morgan fingerprint density at radius 1 is 1.15 bits per heavy atom. The summed E-state index contributed by atoms with van der Waals surface area (Å²) in [5.41, 5.74) is 2.47. The van der Waals surface area contributed by atoms with Gasteiger partial charge in [-0.05, 0) is 28.7 Å². The summed E-state index contributed by atoms with van der Waals surface area (Å²) in [6, 6.07) is 12.0. The molecule has 0 atom stereocenters. The zero-order valence-electron chi connectivity index (χ0n) is 15.3. The van der Waals surface area contributed by atoms with Crippen LogP contribution in [0.25, 0.3) is 6.08 Å². The second-order valence-electron chi connectivity index (χ2n) is 6.84.